The van der Waals surface area contributed by atoms with E-state index >= 15 is 0 Å². The van der Waals surface area contributed by atoms with E-state index in [-0.39, 0.29) is 10.6 Å². The Hall–Kier alpha value is -2.01. The van der Waals surface area contributed by atoms with E-state index in [1.54, 1.807) is 30.3 Å². The summed E-state index contributed by atoms with van der Waals surface area (Å²) < 4.78 is 25.3. The van der Waals surface area contributed by atoms with Crippen molar-refractivity contribution in [2.45, 2.75) is 4.90 Å². The molecule has 19 heavy (non-hydrogen) atoms. The van der Waals surface area contributed by atoms with Crippen LogP contribution in [-0.2, 0) is 15.6 Å². The van der Waals surface area contributed by atoms with E-state index in [4.69, 9.17) is 0 Å². The van der Waals surface area contributed by atoms with Crippen molar-refractivity contribution in [3.63, 3.8) is 0 Å². The minimum atomic E-state index is -1.69. The first-order valence-corrected chi connectivity index (χ1v) is 6.96. The number of amides is 1. The van der Waals surface area contributed by atoms with Gasteiger partial charge in [0.2, 0.25) is 5.91 Å². The van der Waals surface area contributed by atoms with E-state index < -0.39 is 22.5 Å². The Kier molecular flexibility index (Phi) is 4.41. The smallest absolute Gasteiger partial charge is 0.237 e. The summed E-state index contributed by atoms with van der Waals surface area (Å²) in [6.45, 7) is 0. The molecule has 1 amide bonds. The molecule has 0 radical (unpaired) electrons. The standard InChI is InChI=1S/C14H12FNO2S/c15-12-8-4-5-9-13(12)19(18)10-14(17)16-11-6-2-1-3-7-11/h1-9H,10H2,(H,16,17). The lowest BCUT2D eigenvalue weighted by Crippen LogP contribution is -2.19. The van der Waals surface area contributed by atoms with Crippen molar-refractivity contribution in [2.24, 2.45) is 0 Å². The van der Waals surface area contributed by atoms with Crippen LogP contribution < -0.4 is 5.32 Å². The van der Waals surface area contributed by atoms with Crippen molar-refractivity contribution in [2.75, 3.05) is 11.1 Å². The molecule has 3 nitrogen and oxygen atoms in total. The van der Waals surface area contributed by atoms with E-state index in [1.807, 2.05) is 6.07 Å². The number of rotatable bonds is 4. The van der Waals surface area contributed by atoms with Gasteiger partial charge in [-0.1, -0.05) is 30.3 Å². The number of nitrogens with one attached hydrogen (secondary N) is 1. The Balaban J connectivity index is 2.00. The van der Waals surface area contributed by atoms with Crippen LogP contribution >= 0.6 is 0 Å². The molecule has 0 bridgehead atoms. The molecule has 2 aromatic carbocycles. The number of anilines is 1. The van der Waals surface area contributed by atoms with Crippen LogP contribution in [0.4, 0.5) is 10.1 Å². The van der Waals surface area contributed by atoms with E-state index in [9.17, 15) is 13.4 Å². The third kappa shape index (κ3) is 3.72. The molecule has 1 unspecified atom stereocenters. The second-order valence-corrected chi connectivity index (χ2v) is 5.25. The molecule has 2 rings (SSSR count). The van der Waals surface area contributed by atoms with Gasteiger partial charge in [0, 0.05) is 5.69 Å². The lowest BCUT2D eigenvalue weighted by molar-refractivity contribution is -0.113. The van der Waals surface area contributed by atoms with Crippen molar-refractivity contribution >= 4 is 22.4 Å². The summed E-state index contributed by atoms with van der Waals surface area (Å²) in [7, 11) is -1.69. The highest BCUT2D eigenvalue weighted by Gasteiger charge is 2.13. The fourth-order valence-corrected chi connectivity index (χ4v) is 2.53. The Labute approximate surface area is 112 Å². The van der Waals surface area contributed by atoms with Gasteiger partial charge in [0.25, 0.3) is 0 Å². The Morgan fingerprint density at radius 2 is 1.68 bits per heavy atom. The van der Waals surface area contributed by atoms with E-state index in [2.05, 4.69) is 5.32 Å². The quantitative estimate of drug-likeness (QED) is 0.933. The number of carbonyl (C=O) groups is 1. The molecule has 0 aliphatic rings. The molecular weight excluding hydrogens is 265 g/mol. The van der Waals surface area contributed by atoms with Crippen LogP contribution in [0.25, 0.3) is 0 Å². The molecule has 1 N–H and O–H groups in total. The van der Waals surface area contributed by atoms with Crippen LogP contribution in [0.15, 0.2) is 59.5 Å². The molecule has 0 saturated heterocycles. The Morgan fingerprint density at radius 3 is 2.37 bits per heavy atom. The summed E-state index contributed by atoms with van der Waals surface area (Å²) in [5.41, 5.74) is 0.623. The van der Waals surface area contributed by atoms with Crippen LogP contribution in [0.5, 0.6) is 0 Å². The van der Waals surface area contributed by atoms with Gasteiger partial charge in [-0.2, -0.15) is 0 Å². The van der Waals surface area contributed by atoms with E-state index in [0.29, 0.717) is 5.69 Å². The van der Waals surface area contributed by atoms with E-state index in [1.165, 1.54) is 18.2 Å². The SMILES string of the molecule is O=C(CS(=O)c1ccccc1F)Nc1ccccc1. The topological polar surface area (TPSA) is 46.2 Å². The van der Waals surface area contributed by atoms with Gasteiger partial charge in [-0.15, -0.1) is 0 Å². The van der Waals surface area contributed by atoms with Gasteiger partial charge >= 0.3 is 0 Å². The van der Waals surface area contributed by atoms with Crippen LogP contribution in [0.1, 0.15) is 0 Å². The molecule has 98 valence electrons. The summed E-state index contributed by atoms with van der Waals surface area (Å²) in [6, 6.07) is 14.6. The number of hydrogen-bond donors (Lipinski definition) is 1. The number of hydrogen-bond acceptors (Lipinski definition) is 2. The molecule has 1 atom stereocenters. The molecule has 0 spiro atoms. The average molecular weight is 277 g/mol. The monoisotopic (exact) mass is 277 g/mol. The van der Waals surface area contributed by atoms with Gasteiger partial charge in [0.05, 0.1) is 15.7 Å². The first-order chi connectivity index (χ1) is 9.16. The molecular formula is C14H12FNO2S. The largest absolute Gasteiger partial charge is 0.325 e. The molecule has 0 heterocycles. The van der Waals surface area contributed by atoms with Gasteiger partial charge in [-0.25, -0.2) is 4.39 Å². The van der Waals surface area contributed by atoms with Crippen molar-refractivity contribution in [1.29, 1.82) is 0 Å². The average Bonchev–Trinajstić information content (AvgIpc) is 2.40. The summed E-state index contributed by atoms with van der Waals surface area (Å²) in [5.74, 6) is -1.24. The van der Waals surface area contributed by atoms with Crippen molar-refractivity contribution in [1.82, 2.24) is 0 Å². The Morgan fingerprint density at radius 1 is 1.05 bits per heavy atom. The maximum Gasteiger partial charge on any atom is 0.237 e. The molecule has 0 aliphatic heterocycles. The minimum Gasteiger partial charge on any atom is -0.325 e. The second kappa shape index (κ2) is 6.24. The van der Waals surface area contributed by atoms with Crippen molar-refractivity contribution in [3.8, 4) is 0 Å². The summed E-state index contributed by atoms with van der Waals surface area (Å²) in [6.07, 6.45) is 0. The van der Waals surface area contributed by atoms with Crippen LogP contribution in [0, 0.1) is 5.82 Å². The van der Waals surface area contributed by atoms with Gasteiger partial charge in [0.1, 0.15) is 11.6 Å². The fourth-order valence-electron chi connectivity index (χ4n) is 1.54. The molecule has 0 aromatic heterocycles. The van der Waals surface area contributed by atoms with Crippen molar-refractivity contribution in [3.05, 3.63) is 60.4 Å². The third-order valence-electron chi connectivity index (χ3n) is 2.40. The predicted molar refractivity (Wildman–Crippen MR) is 72.7 cm³/mol. The van der Waals surface area contributed by atoms with Crippen LogP contribution in [0.3, 0.4) is 0 Å². The summed E-state index contributed by atoms with van der Waals surface area (Å²) in [5, 5.41) is 2.61. The lowest BCUT2D eigenvalue weighted by Gasteiger charge is -2.05. The molecule has 5 heteroatoms. The van der Waals surface area contributed by atoms with Gasteiger partial charge in [-0.05, 0) is 24.3 Å². The summed E-state index contributed by atoms with van der Waals surface area (Å²) >= 11 is 0. The van der Waals surface area contributed by atoms with Crippen molar-refractivity contribution < 1.29 is 13.4 Å². The fraction of sp³-hybridized carbons (Fsp3) is 0.0714. The van der Waals surface area contributed by atoms with Crippen LogP contribution in [0.2, 0.25) is 0 Å². The highest BCUT2D eigenvalue weighted by Crippen LogP contribution is 2.12. The summed E-state index contributed by atoms with van der Waals surface area (Å²) in [4.78, 5) is 11.7. The van der Waals surface area contributed by atoms with Gasteiger partial charge in [0.15, 0.2) is 0 Å². The van der Waals surface area contributed by atoms with E-state index in [0.717, 1.165) is 0 Å². The first kappa shape index (κ1) is 13.4. The minimum absolute atomic E-state index is 0.0470. The number of carbonyl (C=O) groups excluding carboxylic acids is 1. The molecule has 2 aromatic rings. The second-order valence-electron chi connectivity index (χ2n) is 3.83. The number of halogens is 1. The Bertz CT molecular complexity index is 601. The number of benzene rings is 2. The highest BCUT2D eigenvalue weighted by molar-refractivity contribution is 7.85. The molecule has 0 saturated carbocycles. The first-order valence-electron chi connectivity index (χ1n) is 5.64. The highest BCUT2D eigenvalue weighted by atomic mass is 32.2. The maximum absolute atomic E-state index is 13.4. The lowest BCUT2D eigenvalue weighted by atomic mass is 10.3. The van der Waals surface area contributed by atoms with Crippen LogP contribution in [-0.4, -0.2) is 15.9 Å². The molecule has 0 aliphatic carbocycles. The molecule has 0 fully saturated rings. The van der Waals surface area contributed by atoms with Gasteiger partial charge < -0.3 is 5.32 Å². The third-order valence-corrected chi connectivity index (χ3v) is 3.75. The predicted octanol–water partition coefficient (Wildman–Crippen LogP) is 2.57. The zero-order chi connectivity index (χ0) is 13.7. The number of para-hydroxylation sites is 1. The zero-order valence-corrected chi connectivity index (χ0v) is 10.8. The maximum atomic E-state index is 13.4. The normalized spacial score (nSPS) is 11.8. The van der Waals surface area contributed by atoms with Gasteiger partial charge in [-0.3, -0.25) is 9.00 Å². The zero-order valence-electron chi connectivity index (χ0n) is 10.0.